The van der Waals surface area contributed by atoms with Crippen LogP contribution in [0.1, 0.15) is 16.7 Å². The van der Waals surface area contributed by atoms with Gasteiger partial charge in [0, 0.05) is 17.8 Å². The number of alkyl halides is 6. The zero-order chi connectivity index (χ0) is 20.4. The molecule has 1 atom stereocenters. The summed E-state index contributed by atoms with van der Waals surface area (Å²) in [4.78, 5) is 0.990. The molecule has 0 heterocycles. The molecule has 1 N–H and O–H groups in total. The Balaban J connectivity index is 2.40. The van der Waals surface area contributed by atoms with Gasteiger partial charge in [-0.15, -0.1) is 0 Å². The van der Waals surface area contributed by atoms with Gasteiger partial charge in [-0.2, -0.15) is 26.3 Å². The fourth-order valence-electron chi connectivity index (χ4n) is 2.48. The summed E-state index contributed by atoms with van der Waals surface area (Å²) in [7, 11) is 0. The molecule has 0 radical (unpaired) electrons. The molecule has 9 heteroatoms. The fourth-order valence-corrected chi connectivity index (χ4v) is 2.48. The van der Waals surface area contributed by atoms with E-state index in [1.165, 1.54) is 12.1 Å². The lowest BCUT2D eigenvalue weighted by molar-refractivity contribution is -0.200. The summed E-state index contributed by atoms with van der Waals surface area (Å²) >= 11 is 0. The number of anilines is 1. The summed E-state index contributed by atoms with van der Waals surface area (Å²) < 4.78 is 90.8. The SMILES string of the molecule is Cc1cccc(N(Cc2cc(C(F)(F)F)ccc2F)C[C@@H](O)C(F)(F)F)c1. The number of aliphatic hydroxyl groups excluding tert-OH is 1. The molecule has 0 unspecified atom stereocenters. The number of hydrogen-bond acceptors (Lipinski definition) is 2. The molecule has 0 spiro atoms. The molecule has 27 heavy (non-hydrogen) atoms. The lowest BCUT2D eigenvalue weighted by atomic mass is 10.1. The number of nitrogens with zero attached hydrogens (tertiary/aromatic N) is 1. The number of rotatable bonds is 5. The average Bonchev–Trinajstić information content (AvgIpc) is 2.54. The third-order valence-corrected chi connectivity index (χ3v) is 3.87. The van der Waals surface area contributed by atoms with Crippen LogP contribution in [0, 0.1) is 12.7 Å². The standard InChI is InChI=1S/C18H16F7NO/c1-11-3-2-4-14(7-11)26(10-16(27)18(23,24)25)9-12-8-13(17(20,21)22)5-6-15(12)19/h2-8,16,27H,9-10H2,1H3/t16-/m1/s1. The maximum Gasteiger partial charge on any atom is 0.416 e. The molecule has 0 aromatic heterocycles. The van der Waals surface area contributed by atoms with Gasteiger partial charge in [-0.05, 0) is 42.8 Å². The Labute approximate surface area is 150 Å². The molecular weight excluding hydrogens is 379 g/mol. The number of aryl methyl sites for hydroxylation is 1. The van der Waals surface area contributed by atoms with Crippen molar-refractivity contribution in [1.82, 2.24) is 0 Å². The molecule has 0 saturated heterocycles. The number of hydrogen-bond donors (Lipinski definition) is 1. The van der Waals surface area contributed by atoms with Crippen LogP contribution in [0.3, 0.4) is 0 Å². The van der Waals surface area contributed by atoms with Gasteiger partial charge in [-0.3, -0.25) is 0 Å². The predicted molar refractivity (Wildman–Crippen MR) is 85.7 cm³/mol. The first kappa shape index (κ1) is 21.0. The van der Waals surface area contributed by atoms with Crippen molar-refractivity contribution in [2.45, 2.75) is 31.9 Å². The Kier molecular flexibility index (Phi) is 6.04. The Bertz CT molecular complexity index is 786. The first-order valence-corrected chi connectivity index (χ1v) is 7.80. The van der Waals surface area contributed by atoms with Crippen LogP contribution in [-0.2, 0) is 12.7 Å². The highest BCUT2D eigenvalue weighted by atomic mass is 19.4. The Hall–Kier alpha value is -2.29. The molecule has 2 aromatic carbocycles. The second-order valence-corrected chi connectivity index (χ2v) is 6.08. The van der Waals surface area contributed by atoms with E-state index in [9.17, 15) is 35.8 Å². The van der Waals surface area contributed by atoms with E-state index in [1.807, 2.05) is 0 Å². The number of aliphatic hydroxyl groups is 1. The topological polar surface area (TPSA) is 23.5 Å². The van der Waals surface area contributed by atoms with Gasteiger partial charge in [0.25, 0.3) is 0 Å². The normalized spacial score (nSPS) is 13.5. The van der Waals surface area contributed by atoms with Gasteiger partial charge in [-0.1, -0.05) is 12.1 Å². The molecule has 0 bridgehead atoms. The lowest BCUT2D eigenvalue weighted by Gasteiger charge is -2.29. The summed E-state index contributed by atoms with van der Waals surface area (Å²) in [6.07, 6.45) is -12.4. The minimum absolute atomic E-state index is 0.218. The van der Waals surface area contributed by atoms with Gasteiger partial charge in [0.2, 0.25) is 0 Å². The van der Waals surface area contributed by atoms with Gasteiger partial charge in [0.1, 0.15) is 5.82 Å². The molecule has 0 amide bonds. The van der Waals surface area contributed by atoms with Crippen LogP contribution < -0.4 is 4.90 Å². The Morgan fingerprint density at radius 2 is 1.67 bits per heavy atom. The maximum atomic E-state index is 14.0. The number of benzene rings is 2. The van der Waals surface area contributed by atoms with Crippen molar-refractivity contribution in [3.63, 3.8) is 0 Å². The molecule has 2 aromatic rings. The highest BCUT2D eigenvalue weighted by Gasteiger charge is 2.39. The molecule has 2 nitrogen and oxygen atoms in total. The van der Waals surface area contributed by atoms with E-state index in [-0.39, 0.29) is 5.69 Å². The van der Waals surface area contributed by atoms with E-state index < -0.39 is 48.5 Å². The van der Waals surface area contributed by atoms with Gasteiger partial charge < -0.3 is 10.0 Å². The van der Waals surface area contributed by atoms with E-state index in [0.717, 1.165) is 4.90 Å². The van der Waals surface area contributed by atoms with E-state index in [0.29, 0.717) is 23.8 Å². The summed E-state index contributed by atoms with van der Waals surface area (Å²) in [6, 6.07) is 7.87. The van der Waals surface area contributed by atoms with Crippen LogP contribution in [0.4, 0.5) is 36.4 Å². The predicted octanol–water partition coefficient (Wildman–Crippen LogP) is 5.08. The molecule has 0 fully saturated rings. The van der Waals surface area contributed by atoms with Crippen molar-refractivity contribution in [2.75, 3.05) is 11.4 Å². The quantitative estimate of drug-likeness (QED) is 0.714. The van der Waals surface area contributed by atoms with Crippen LogP contribution in [0.2, 0.25) is 0 Å². The third kappa shape index (κ3) is 5.59. The van der Waals surface area contributed by atoms with Crippen molar-refractivity contribution >= 4 is 5.69 Å². The lowest BCUT2D eigenvalue weighted by Crippen LogP contribution is -2.41. The van der Waals surface area contributed by atoms with E-state index >= 15 is 0 Å². The largest absolute Gasteiger partial charge is 0.416 e. The van der Waals surface area contributed by atoms with Crippen LogP contribution in [0.5, 0.6) is 0 Å². The van der Waals surface area contributed by atoms with Crippen LogP contribution in [0.25, 0.3) is 0 Å². The van der Waals surface area contributed by atoms with E-state index in [2.05, 4.69) is 0 Å². The molecule has 2 rings (SSSR count). The molecule has 0 aliphatic carbocycles. The summed E-state index contributed by atoms with van der Waals surface area (Å²) in [5, 5.41) is 9.38. The first-order valence-electron chi connectivity index (χ1n) is 7.80. The van der Waals surface area contributed by atoms with Crippen LogP contribution >= 0.6 is 0 Å². The highest BCUT2D eigenvalue weighted by Crippen LogP contribution is 2.31. The first-order chi connectivity index (χ1) is 12.4. The smallest absolute Gasteiger partial charge is 0.382 e. The van der Waals surface area contributed by atoms with Crippen molar-refractivity contribution in [2.24, 2.45) is 0 Å². The fraction of sp³-hybridized carbons (Fsp3) is 0.333. The Morgan fingerprint density at radius 3 is 2.22 bits per heavy atom. The second-order valence-electron chi connectivity index (χ2n) is 6.08. The summed E-state index contributed by atoms with van der Waals surface area (Å²) in [5.41, 5.74) is -0.640. The molecule has 148 valence electrons. The molecule has 0 aliphatic rings. The minimum atomic E-state index is -4.92. The van der Waals surface area contributed by atoms with Gasteiger partial charge in [0.05, 0.1) is 12.1 Å². The molecule has 0 aliphatic heterocycles. The van der Waals surface area contributed by atoms with E-state index in [4.69, 9.17) is 0 Å². The molecular formula is C18H16F7NO. The molecule has 0 saturated carbocycles. The summed E-state index contributed by atoms with van der Waals surface area (Å²) in [6.45, 7) is 0.141. The second kappa shape index (κ2) is 7.75. The van der Waals surface area contributed by atoms with Gasteiger partial charge >= 0.3 is 12.4 Å². The van der Waals surface area contributed by atoms with Crippen molar-refractivity contribution in [3.8, 4) is 0 Å². The van der Waals surface area contributed by atoms with Crippen LogP contribution in [-0.4, -0.2) is 23.9 Å². The van der Waals surface area contributed by atoms with Crippen molar-refractivity contribution < 1.29 is 35.8 Å². The average molecular weight is 395 g/mol. The minimum Gasteiger partial charge on any atom is -0.382 e. The number of halogens is 7. The highest BCUT2D eigenvalue weighted by molar-refractivity contribution is 5.49. The van der Waals surface area contributed by atoms with Crippen LogP contribution in [0.15, 0.2) is 42.5 Å². The zero-order valence-electron chi connectivity index (χ0n) is 14.1. The maximum absolute atomic E-state index is 14.0. The van der Waals surface area contributed by atoms with E-state index in [1.54, 1.807) is 19.1 Å². The van der Waals surface area contributed by atoms with Gasteiger partial charge in [-0.25, -0.2) is 4.39 Å². The monoisotopic (exact) mass is 395 g/mol. The van der Waals surface area contributed by atoms with Crippen molar-refractivity contribution in [1.29, 1.82) is 0 Å². The Morgan fingerprint density at radius 1 is 1.00 bits per heavy atom. The summed E-state index contributed by atoms with van der Waals surface area (Å²) in [5.74, 6) is -0.984. The van der Waals surface area contributed by atoms with Gasteiger partial charge in [0.15, 0.2) is 6.10 Å². The van der Waals surface area contributed by atoms with Crippen molar-refractivity contribution in [3.05, 3.63) is 65.0 Å². The zero-order valence-corrected chi connectivity index (χ0v) is 14.1. The third-order valence-electron chi connectivity index (χ3n) is 3.87.